The molecule has 1 aliphatic rings. The summed E-state index contributed by atoms with van der Waals surface area (Å²) in [5.41, 5.74) is 2.76. The topological polar surface area (TPSA) is 62.3 Å². The first-order valence-corrected chi connectivity index (χ1v) is 11.9. The molecule has 1 fully saturated rings. The molecule has 8 heteroatoms. The zero-order valence-electron chi connectivity index (χ0n) is 16.1. The normalized spacial score (nSPS) is 15.9. The van der Waals surface area contributed by atoms with E-state index in [1.807, 2.05) is 47.8 Å². The number of nitrogens with one attached hydrogen (secondary N) is 1. The Labute approximate surface area is 188 Å². The number of hydrogen-bond acceptors (Lipinski definition) is 5. The lowest BCUT2D eigenvalue weighted by Crippen LogP contribution is -2.47. The number of thiazole rings is 1. The molecule has 0 aliphatic carbocycles. The van der Waals surface area contributed by atoms with Crippen LogP contribution in [0.25, 0.3) is 10.6 Å². The van der Waals surface area contributed by atoms with E-state index in [4.69, 9.17) is 11.6 Å². The van der Waals surface area contributed by atoms with Crippen LogP contribution in [0.1, 0.15) is 11.3 Å². The van der Waals surface area contributed by atoms with E-state index in [-0.39, 0.29) is 18.2 Å². The SMILES string of the molecule is O=C(NCc1csc(-c2ccccc2)n1)[C@H]1CSCN1C(=O)Cc1ccc(Cl)cc1. The molecular formula is C22H20ClN3O2S2. The molecule has 0 saturated carbocycles. The van der Waals surface area contributed by atoms with Crippen molar-refractivity contribution in [2.45, 2.75) is 19.0 Å². The molecule has 5 nitrogen and oxygen atoms in total. The van der Waals surface area contributed by atoms with Gasteiger partial charge in [0.2, 0.25) is 11.8 Å². The zero-order chi connectivity index (χ0) is 20.9. The Morgan fingerprint density at radius 1 is 1.13 bits per heavy atom. The molecule has 30 heavy (non-hydrogen) atoms. The van der Waals surface area contributed by atoms with Gasteiger partial charge in [0.25, 0.3) is 0 Å². The minimum Gasteiger partial charge on any atom is -0.349 e. The average Bonchev–Trinajstić information content (AvgIpc) is 3.44. The highest BCUT2D eigenvalue weighted by atomic mass is 35.5. The van der Waals surface area contributed by atoms with Crippen LogP contribution in [0.5, 0.6) is 0 Å². The van der Waals surface area contributed by atoms with E-state index in [0.717, 1.165) is 21.8 Å². The standard InChI is InChI=1S/C22H20ClN3O2S2/c23-17-8-6-15(7-9-17)10-20(27)26-14-29-13-19(26)21(28)24-11-18-12-30-22(25-18)16-4-2-1-3-5-16/h1-9,12,19H,10-11,13-14H2,(H,24,28)/t19-/m1/s1. The first kappa shape index (κ1) is 20.9. The molecule has 2 aromatic carbocycles. The van der Waals surface area contributed by atoms with Crippen molar-refractivity contribution in [1.29, 1.82) is 0 Å². The summed E-state index contributed by atoms with van der Waals surface area (Å²) in [6.45, 7) is 0.350. The van der Waals surface area contributed by atoms with Gasteiger partial charge in [-0.1, -0.05) is 54.1 Å². The minimum absolute atomic E-state index is 0.0532. The van der Waals surface area contributed by atoms with Crippen LogP contribution in [0, 0.1) is 0 Å². The van der Waals surface area contributed by atoms with Crippen LogP contribution in [0.2, 0.25) is 5.02 Å². The Balaban J connectivity index is 1.34. The van der Waals surface area contributed by atoms with Crippen molar-refractivity contribution in [2.75, 3.05) is 11.6 Å². The van der Waals surface area contributed by atoms with E-state index in [1.165, 1.54) is 0 Å². The predicted octanol–water partition coefficient (Wildman–Crippen LogP) is 4.22. The molecule has 2 amide bonds. The molecule has 0 unspecified atom stereocenters. The Bertz CT molecular complexity index is 1020. The van der Waals surface area contributed by atoms with Crippen molar-refractivity contribution in [2.24, 2.45) is 0 Å². The number of amides is 2. The van der Waals surface area contributed by atoms with Gasteiger partial charge in [0.1, 0.15) is 11.0 Å². The molecule has 154 valence electrons. The fourth-order valence-electron chi connectivity index (χ4n) is 3.18. The van der Waals surface area contributed by atoms with Crippen molar-refractivity contribution in [1.82, 2.24) is 15.2 Å². The number of halogens is 1. The highest BCUT2D eigenvalue weighted by Crippen LogP contribution is 2.24. The lowest BCUT2D eigenvalue weighted by Gasteiger charge is -2.23. The summed E-state index contributed by atoms with van der Waals surface area (Å²) < 4.78 is 0. The molecule has 0 radical (unpaired) electrons. The highest BCUT2D eigenvalue weighted by Gasteiger charge is 2.34. The number of carbonyl (C=O) groups is 2. The Morgan fingerprint density at radius 2 is 1.90 bits per heavy atom. The summed E-state index contributed by atoms with van der Waals surface area (Å²) in [6, 6.07) is 16.7. The van der Waals surface area contributed by atoms with Crippen molar-refractivity contribution in [3.63, 3.8) is 0 Å². The van der Waals surface area contributed by atoms with Crippen molar-refractivity contribution < 1.29 is 9.59 Å². The van der Waals surface area contributed by atoms with E-state index in [2.05, 4.69) is 10.3 Å². The van der Waals surface area contributed by atoms with E-state index in [1.54, 1.807) is 40.1 Å². The number of carbonyl (C=O) groups excluding carboxylic acids is 2. The molecule has 3 aromatic rings. The van der Waals surface area contributed by atoms with E-state index in [9.17, 15) is 9.59 Å². The van der Waals surface area contributed by atoms with Gasteiger partial charge in [-0.15, -0.1) is 23.1 Å². The summed E-state index contributed by atoms with van der Waals surface area (Å²) in [6.07, 6.45) is 0.258. The van der Waals surface area contributed by atoms with Gasteiger partial charge >= 0.3 is 0 Å². The molecule has 0 spiro atoms. The van der Waals surface area contributed by atoms with Crippen LogP contribution in [0.4, 0.5) is 0 Å². The second-order valence-corrected chi connectivity index (χ2v) is 9.20. The van der Waals surface area contributed by atoms with Crippen LogP contribution in [-0.2, 0) is 22.6 Å². The Kier molecular flexibility index (Phi) is 6.72. The van der Waals surface area contributed by atoms with Crippen LogP contribution in [0.3, 0.4) is 0 Å². The molecule has 0 bridgehead atoms. The second-order valence-electron chi connectivity index (χ2n) is 6.91. The number of thioether (sulfide) groups is 1. The summed E-state index contributed by atoms with van der Waals surface area (Å²) in [4.78, 5) is 31.7. The fourth-order valence-corrected chi connectivity index (χ4v) is 5.31. The fraction of sp³-hybridized carbons (Fsp3) is 0.227. The maximum absolute atomic E-state index is 12.7. The lowest BCUT2D eigenvalue weighted by atomic mass is 10.1. The summed E-state index contributed by atoms with van der Waals surface area (Å²) in [7, 11) is 0. The van der Waals surface area contributed by atoms with Crippen molar-refractivity contribution in [3.8, 4) is 10.6 Å². The third kappa shape index (κ3) is 5.03. The molecule has 1 atom stereocenters. The number of nitrogens with zero attached hydrogens (tertiary/aromatic N) is 2. The van der Waals surface area contributed by atoms with E-state index < -0.39 is 6.04 Å². The quantitative estimate of drug-likeness (QED) is 0.601. The number of hydrogen-bond donors (Lipinski definition) is 1. The summed E-state index contributed by atoms with van der Waals surface area (Å²) in [5, 5.41) is 6.46. The Hall–Kier alpha value is -2.35. The van der Waals surface area contributed by atoms with Crippen LogP contribution >= 0.6 is 34.7 Å². The number of aromatic nitrogens is 1. The lowest BCUT2D eigenvalue weighted by molar-refractivity contribution is -0.137. The van der Waals surface area contributed by atoms with Gasteiger partial charge in [-0.05, 0) is 17.7 Å². The van der Waals surface area contributed by atoms with E-state index in [0.29, 0.717) is 23.2 Å². The second kappa shape index (κ2) is 9.64. The largest absolute Gasteiger partial charge is 0.349 e. The summed E-state index contributed by atoms with van der Waals surface area (Å²) >= 11 is 9.05. The third-order valence-corrected chi connectivity index (χ3v) is 6.99. The molecule has 2 heterocycles. The molecule has 1 N–H and O–H groups in total. The highest BCUT2D eigenvalue weighted by molar-refractivity contribution is 7.99. The predicted molar refractivity (Wildman–Crippen MR) is 123 cm³/mol. The summed E-state index contributed by atoms with van der Waals surface area (Å²) in [5.74, 6) is 0.936. The molecule has 1 aromatic heterocycles. The smallest absolute Gasteiger partial charge is 0.244 e. The van der Waals surface area contributed by atoms with Gasteiger partial charge in [0.15, 0.2) is 0 Å². The van der Waals surface area contributed by atoms with Gasteiger partial charge in [-0.25, -0.2) is 4.98 Å². The Morgan fingerprint density at radius 3 is 2.67 bits per heavy atom. The zero-order valence-corrected chi connectivity index (χ0v) is 18.5. The monoisotopic (exact) mass is 457 g/mol. The molecule has 4 rings (SSSR count). The van der Waals surface area contributed by atoms with Gasteiger partial charge in [-0.2, -0.15) is 0 Å². The van der Waals surface area contributed by atoms with Gasteiger partial charge < -0.3 is 10.2 Å². The van der Waals surface area contributed by atoms with Crippen molar-refractivity contribution in [3.05, 3.63) is 76.3 Å². The van der Waals surface area contributed by atoms with Crippen LogP contribution in [-0.4, -0.2) is 39.4 Å². The number of rotatable bonds is 6. The molecule has 1 aliphatic heterocycles. The first-order valence-electron chi connectivity index (χ1n) is 9.49. The maximum Gasteiger partial charge on any atom is 0.244 e. The van der Waals surface area contributed by atoms with Crippen LogP contribution < -0.4 is 5.32 Å². The third-order valence-electron chi connectivity index (χ3n) is 4.79. The first-order chi connectivity index (χ1) is 14.6. The van der Waals surface area contributed by atoms with E-state index >= 15 is 0 Å². The van der Waals surface area contributed by atoms with Crippen molar-refractivity contribution >= 4 is 46.5 Å². The minimum atomic E-state index is -0.456. The van der Waals surface area contributed by atoms with Gasteiger partial charge in [0.05, 0.1) is 24.5 Å². The van der Waals surface area contributed by atoms with Crippen LogP contribution in [0.15, 0.2) is 60.0 Å². The molecule has 1 saturated heterocycles. The maximum atomic E-state index is 12.7. The van der Waals surface area contributed by atoms with Gasteiger partial charge in [-0.3, -0.25) is 9.59 Å². The molecular weight excluding hydrogens is 438 g/mol. The average molecular weight is 458 g/mol. The van der Waals surface area contributed by atoms with Gasteiger partial charge in [0, 0.05) is 21.7 Å². The number of benzene rings is 2.